The third-order valence-corrected chi connectivity index (χ3v) is 10.8. The maximum absolute atomic E-state index is 15.7. The van der Waals surface area contributed by atoms with Crippen molar-refractivity contribution in [3.63, 3.8) is 0 Å². The van der Waals surface area contributed by atoms with Crippen LogP contribution in [-0.4, -0.2) is 43.0 Å². The molecule has 0 aromatic rings. The van der Waals surface area contributed by atoms with Crippen molar-refractivity contribution in [2.45, 2.75) is 90.4 Å². The van der Waals surface area contributed by atoms with E-state index >= 15 is 8.78 Å². The largest absolute Gasteiger partial charge is 0.378 e. The molecule has 0 N–H and O–H groups in total. The number of alkyl halides is 2. The first-order valence-electron chi connectivity index (χ1n) is 13.0. The summed E-state index contributed by atoms with van der Waals surface area (Å²) in [6.45, 7) is 7.31. The van der Waals surface area contributed by atoms with Crippen molar-refractivity contribution in [2.24, 2.45) is 40.4 Å². The van der Waals surface area contributed by atoms with Crippen LogP contribution in [0.15, 0.2) is 0 Å². The van der Waals surface area contributed by atoms with Crippen molar-refractivity contribution in [3.05, 3.63) is 0 Å². The van der Waals surface area contributed by atoms with Gasteiger partial charge in [0.2, 0.25) is 5.91 Å². The van der Waals surface area contributed by atoms with Crippen LogP contribution in [0.2, 0.25) is 0 Å². The second-order valence-corrected chi connectivity index (χ2v) is 12.0. The summed E-state index contributed by atoms with van der Waals surface area (Å²) in [6.07, 6.45) is 10.1. The van der Waals surface area contributed by atoms with Crippen molar-refractivity contribution in [1.29, 1.82) is 0 Å². The van der Waals surface area contributed by atoms with Crippen molar-refractivity contribution in [1.82, 2.24) is 4.90 Å². The van der Waals surface area contributed by atoms with Gasteiger partial charge in [-0.3, -0.25) is 4.79 Å². The molecular formula is C26H41F2NO2. The Hall–Kier alpha value is -0.710. The second-order valence-electron chi connectivity index (χ2n) is 12.0. The maximum Gasteiger partial charge on any atom is 0.251 e. The van der Waals surface area contributed by atoms with E-state index in [2.05, 4.69) is 13.8 Å². The van der Waals surface area contributed by atoms with Gasteiger partial charge in [0, 0.05) is 31.8 Å². The van der Waals surface area contributed by atoms with E-state index in [0.717, 1.165) is 51.4 Å². The Morgan fingerprint density at radius 3 is 2.48 bits per heavy atom. The number of halogens is 2. The van der Waals surface area contributed by atoms with Gasteiger partial charge in [0.15, 0.2) is 0 Å². The van der Waals surface area contributed by atoms with E-state index in [9.17, 15) is 4.79 Å². The van der Waals surface area contributed by atoms with E-state index in [1.165, 1.54) is 6.42 Å². The Morgan fingerprint density at radius 1 is 0.968 bits per heavy atom. The molecule has 4 saturated carbocycles. The molecule has 1 heterocycles. The van der Waals surface area contributed by atoms with Crippen molar-refractivity contribution < 1.29 is 18.3 Å². The van der Waals surface area contributed by atoms with Crippen molar-refractivity contribution >= 4 is 5.91 Å². The predicted molar refractivity (Wildman–Crippen MR) is 117 cm³/mol. The highest BCUT2D eigenvalue weighted by atomic mass is 19.3. The highest BCUT2D eigenvalue weighted by Crippen LogP contribution is 2.70. The van der Waals surface area contributed by atoms with Crippen molar-refractivity contribution in [3.8, 4) is 0 Å². The Bertz CT molecular complexity index is 693. The molecule has 0 spiro atoms. The zero-order valence-corrected chi connectivity index (χ0v) is 19.5. The van der Waals surface area contributed by atoms with Crippen LogP contribution in [0.5, 0.6) is 0 Å². The van der Waals surface area contributed by atoms with Crippen molar-refractivity contribution in [2.75, 3.05) is 26.3 Å². The minimum Gasteiger partial charge on any atom is -0.378 e. The van der Waals surface area contributed by atoms with Gasteiger partial charge in [0.25, 0.3) is 5.92 Å². The van der Waals surface area contributed by atoms with Gasteiger partial charge in [-0.15, -0.1) is 0 Å². The Morgan fingerprint density at radius 2 is 1.71 bits per heavy atom. The van der Waals surface area contributed by atoms with Gasteiger partial charge in [-0.1, -0.05) is 26.7 Å². The highest BCUT2D eigenvalue weighted by Gasteiger charge is 2.67. The lowest BCUT2D eigenvalue weighted by molar-refractivity contribution is -0.231. The van der Waals surface area contributed by atoms with Crippen LogP contribution in [0.1, 0.15) is 84.5 Å². The molecule has 7 unspecified atom stereocenters. The minimum absolute atomic E-state index is 0.0201. The van der Waals surface area contributed by atoms with Gasteiger partial charge in [0.1, 0.15) is 0 Å². The molecule has 0 aromatic heterocycles. The number of amides is 1. The first kappa shape index (κ1) is 22.1. The number of rotatable bonds is 3. The van der Waals surface area contributed by atoms with Gasteiger partial charge in [0.05, 0.1) is 13.2 Å². The first-order chi connectivity index (χ1) is 14.8. The maximum atomic E-state index is 15.7. The van der Waals surface area contributed by atoms with E-state index in [0.29, 0.717) is 38.6 Å². The van der Waals surface area contributed by atoms with Crippen LogP contribution in [0, 0.1) is 40.4 Å². The number of morpholine rings is 1. The third kappa shape index (κ3) is 3.56. The minimum atomic E-state index is -2.52. The van der Waals surface area contributed by atoms with Gasteiger partial charge < -0.3 is 9.64 Å². The molecule has 5 aliphatic rings. The van der Waals surface area contributed by atoms with E-state index in [-0.39, 0.29) is 40.9 Å². The molecule has 0 bridgehead atoms. The Labute approximate surface area is 186 Å². The van der Waals surface area contributed by atoms with Crippen LogP contribution in [0.3, 0.4) is 0 Å². The summed E-state index contributed by atoms with van der Waals surface area (Å²) in [5.41, 5.74) is 0.101. The van der Waals surface area contributed by atoms with Gasteiger partial charge in [-0.25, -0.2) is 8.78 Å². The Kier molecular flexibility index (Phi) is 5.67. The number of fused-ring (bicyclic) bond motifs is 5. The van der Waals surface area contributed by atoms with E-state index < -0.39 is 11.8 Å². The zero-order valence-electron chi connectivity index (χ0n) is 19.5. The lowest BCUT2D eigenvalue weighted by Crippen LogP contribution is -2.60. The number of nitrogens with zero attached hydrogens (tertiary/aromatic N) is 1. The predicted octanol–water partition coefficient (Wildman–Crippen LogP) is 5.92. The number of hydrogen-bond donors (Lipinski definition) is 0. The van der Waals surface area contributed by atoms with Crippen LogP contribution in [0.4, 0.5) is 8.78 Å². The smallest absolute Gasteiger partial charge is 0.251 e. The monoisotopic (exact) mass is 437 g/mol. The normalized spacial score (nSPS) is 46.7. The molecule has 1 aliphatic heterocycles. The summed E-state index contributed by atoms with van der Waals surface area (Å²) in [5, 5.41) is 0. The van der Waals surface area contributed by atoms with Gasteiger partial charge in [-0.2, -0.15) is 0 Å². The van der Waals surface area contributed by atoms with E-state index in [1.54, 1.807) is 0 Å². The molecule has 0 aromatic carbocycles. The second kappa shape index (κ2) is 7.95. The highest BCUT2D eigenvalue weighted by molar-refractivity contribution is 5.76. The fourth-order valence-electron chi connectivity index (χ4n) is 9.04. The summed E-state index contributed by atoms with van der Waals surface area (Å²) >= 11 is 0. The summed E-state index contributed by atoms with van der Waals surface area (Å²) in [4.78, 5) is 14.6. The molecular weight excluding hydrogens is 396 g/mol. The zero-order chi connectivity index (χ0) is 21.9. The van der Waals surface area contributed by atoms with Crippen LogP contribution < -0.4 is 0 Å². The molecule has 5 heteroatoms. The molecule has 0 radical (unpaired) electrons. The molecule has 4 aliphatic carbocycles. The summed E-state index contributed by atoms with van der Waals surface area (Å²) in [5.74, 6) is -1.79. The summed E-state index contributed by atoms with van der Waals surface area (Å²) < 4.78 is 36.8. The number of carbonyl (C=O) groups excluding carboxylic acids is 1. The fraction of sp³-hybridized carbons (Fsp3) is 0.962. The van der Waals surface area contributed by atoms with Crippen LogP contribution >= 0.6 is 0 Å². The quantitative estimate of drug-likeness (QED) is 0.548. The molecule has 31 heavy (non-hydrogen) atoms. The van der Waals surface area contributed by atoms with Gasteiger partial charge in [-0.05, 0) is 79.4 Å². The van der Waals surface area contributed by atoms with Crippen LogP contribution in [-0.2, 0) is 9.53 Å². The SMILES string of the molecule is CC12CCC3C(C1CCC2CCC(=O)N1CCOCC1)C(F)(F)CC1CCCCC13C. The third-order valence-electron chi connectivity index (χ3n) is 10.8. The molecule has 5 fully saturated rings. The van der Waals surface area contributed by atoms with Crippen LogP contribution in [0.25, 0.3) is 0 Å². The Balaban J connectivity index is 1.31. The standard InChI is InChI=1S/C26H41F2NO2/c1-24-11-4-3-5-19(24)17-26(27,28)23-20-8-6-18(25(20,2)12-10-21(23)24)7-9-22(30)29-13-15-31-16-14-29/h18-21,23H,3-17H2,1-2H3. The molecule has 176 valence electrons. The lowest BCUT2D eigenvalue weighted by atomic mass is 9.44. The first-order valence-corrected chi connectivity index (χ1v) is 13.0. The van der Waals surface area contributed by atoms with E-state index in [4.69, 9.17) is 4.74 Å². The fourth-order valence-corrected chi connectivity index (χ4v) is 9.04. The topological polar surface area (TPSA) is 29.5 Å². The molecule has 1 saturated heterocycles. The summed E-state index contributed by atoms with van der Waals surface area (Å²) in [7, 11) is 0. The average molecular weight is 438 g/mol. The number of hydrogen-bond acceptors (Lipinski definition) is 2. The van der Waals surface area contributed by atoms with Gasteiger partial charge >= 0.3 is 0 Å². The average Bonchev–Trinajstić information content (AvgIpc) is 3.09. The molecule has 1 amide bonds. The van der Waals surface area contributed by atoms with E-state index in [1.807, 2.05) is 4.90 Å². The lowest BCUT2D eigenvalue weighted by Gasteiger charge is -2.62. The molecule has 5 rings (SSSR count). The number of carbonyl (C=O) groups is 1. The summed E-state index contributed by atoms with van der Waals surface area (Å²) in [6, 6.07) is 0. The molecule has 3 nitrogen and oxygen atoms in total. The molecule has 7 atom stereocenters. The number of ether oxygens (including phenoxy) is 1.